The zero-order valence-corrected chi connectivity index (χ0v) is 13.3. The van der Waals surface area contributed by atoms with E-state index >= 15 is 0 Å². The monoisotopic (exact) mass is 302 g/mol. The fourth-order valence-corrected chi connectivity index (χ4v) is 3.89. The predicted molar refractivity (Wildman–Crippen MR) is 88.5 cm³/mol. The molecule has 1 aliphatic carbocycles. The van der Waals surface area contributed by atoms with Crippen LogP contribution in [-0.2, 0) is 17.6 Å². The fraction of sp³-hybridized carbons (Fsp3) is 0.611. The molecule has 1 aromatic rings. The standard InChI is InChI=1S/C18H26N2O2/c1-2-19-17(18(21)22)15-9-10-20(12-15)16-8-7-13-5-3-4-6-14(13)11-16/h7-8,11,15,17,19H,2-6,9-10,12H2,1H3,(H,21,22). The van der Waals surface area contributed by atoms with Crippen LogP contribution in [0.25, 0.3) is 0 Å². The van der Waals surface area contributed by atoms with Gasteiger partial charge in [-0.1, -0.05) is 13.0 Å². The van der Waals surface area contributed by atoms with Gasteiger partial charge in [0, 0.05) is 24.7 Å². The van der Waals surface area contributed by atoms with E-state index in [1.165, 1.54) is 42.5 Å². The predicted octanol–water partition coefficient (Wildman–Crippen LogP) is 2.45. The molecule has 22 heavy (non-hydrogen) atoms. The van der Waals surface area contributed by atoms with E-state index in [0.717, 1.165) is 19.5 Å². The number of aliphatic carboxylic acids is 1. The Morgan fingerprint density at radius 3 is 2.86 bits per heavy atom. The van der Waals surface area contributed by atoms with Crippen LogP contribution in [0.15, 0.2) is 18.2 Å². The number of nitrogens with one attached hydrogen (secondary N) is 1. The van der Waals surface area contributed by atoms with Crippen molar-refractivity contribution in [1.82, 2.24) is 5.32 Å². The van der Waals surface area contributed by atoms with Gasteiger partial charge in [-0.15, -0.1) is 0 Å². The molecule has 0 amide bonds. The summed E-state index contributed by atoms with van der Waals surface area (Å²) in [5, 5.41) is 12.5. The number of nitrogens with zero attached hydrogens (tertiary/aromatic N) is 1. The number of likely N-dealkylation sites (N-methyl/N-ethyl adjacent to an activating group) is 1. The Morgan fingerprint density at radius 2 is 2.14 bits per heavy atom. The third kappa shape index (κ3) is 3.12. The normalized spacial score (nSPS) is 22.4. The van der Waals surface area contributed by atoms with E-state index in [9.17, 15) is 9.90 Å². The second-order valence-electron chi connectivity index (χ2n) is 6.53. The van der Waals surface area contributed by atoms with Crippen molar-refractivity contribution in [2.45, 2.75) is 45.1 Å². The van der Waals surface area contributed by atoms with E-state index in [-0.39, 0.29) is 5.92 Å². The van der Waals surface area contributed by atoms with Gasteiger partial charge >= 0.3 is 5.97 Å². The number of rotatable bonds is 5. The Balaban J connectivity index is 1.71. The molecule has 1 saturated heterocycles. The Bertz CT molecular complexity index is 544. The van der Waals surface area contributed by atoms with Crippen LogP contribution in [-0.4, -0.2) is 36.8 Å². The van der Waals surface area contributed by atoms with Crippen LogP contribution in [0.4, 0.5) is 5.69 Å². The van der Waals surface area contributed by atoms with Crippen molar-refractivity contribution in [3.63, 3.8) is 0 Å². The van der Waals surface area contributed by atoms with Crippen LogP contribution >= 0.6 is 0 Å². The van der Waals surface area contributed by atoms with E-state index in [1.807, 2.05) is 6.92 Å². The molecule has 0 saturated carbocycles. The third-order valence-electron chi connectivity index (χ3n) is 5.08. The highest BCUT2D eigenvalue weighted by Gasteiger charge is 2.33. The summed E-state index contributed by atoms with van der Waals surface area (Å²) in [5.74, 6) is -0.535. The number of hydrogen-bond donors (Lipinski definition) is 2. The number of hydrogen-bond acceptors (Lipinski definition) is 3. The van der Waals surface area contributed by atoms with Crippen LogP contribution in [0, 0.1) is 5.92 Å². The maximum atomic E-state index is 11.4. The van der Waals surface area contributed by atoms with Crippen molar-refractivity contribution in [2.75, 3.05) is 24.5 Å². The largest absolute Gasteiger partial charge is 0.480 e. The Morgan fingerprint density at radius 1 is 1.36 bits per heavy atom. The van der Waals surface area contributed by atoms with Gasteiger partial charge in [0.25, 0.3) is 0 Å². The lowest BCUT2D eigenvalue weighted by Gasteiger charge is -2.24. The Hall–Kier alpha value is -1.55. The molecule has 2 aliphatic rings. The number of benzene rings is 1. The molecule has 0 aromatic heterocycles. The van der Waals surface area contributed by atoms with Crippen molar-refractivity contribution in [1.29, 1.82) is 0 Å². The van der Waals surface area contributed by atoms with Crippen LogP contribution in [0.1, 0.15) is 37.3 Å². The molecule has 0 bridgehead atoms. The lowest BCUT2D eigenvalue weighted by molar-refractivity contribution is -0.140. The zero-order valence-electron chi connectivity index (χ0n) is 13.3. The average molecular weight is 302 g/mol. The molecular formula is C18H26N2O2. The first kappa shape index (κ1) is 15.3. The third-order valence-corrected chi connectivity index (χ3v) is 5.08. The van der Waals surface area contributed by atoms with Gasteiger partial charge in [-0.3, -0.25) is 4.79 Å². The molecule has 0 radical (unpaired) electrons. The Labute approximate surface area is 132 Å². The second-order valence-corrected chi connectivity index (χ2v) is 6.53. The molecule has 2 unspecified atom stereocenters. The summed E-state index contributed by atoms with van der Waals surface area (Å²) in [7, 11) is 0. The summed E-state index contributed by atoms with van der Waals surface area (Å²) < 4.78 is 0. The summed E-state index contributed by atoms with van der Waals surface area (Å²) >= 11 is 0. The molecule has 1 fully saturated rings. The van der Waals surface area contributed by atoms with Crippen molar-refractivity contribution in [3.05, 3.63) is 29.3 Å². The number of fused-ring (bicyclic) bond motifs is 1. The molecule has 3 rings (SSSR count). The van der Waals surface area contributed by atoms with Crippen molar-refractivity contribution in [3.8, 4) is 0 Å². The van der Waals surface area contributed by atoms with Crippen molar-refractivity contribution < 1.29 is 9.90 Å². The summed E-state index contributed by atoms with van der Waals surface area (Å²) in [5.41, 5.74) is 4.26. The molecule has 1 aromatic carbocycles. The van der Waals surface area contributed by atoms with Gasteiger partial charge in [0.15, 0.2) is 0 Å². The molecule has 0 spiro atoms. The minimum atomic E-state index is -0.723. The van der Waals surface area contributed by atoms with Crippen LogP contribution in [0.2, 0.25) is 0 Å². The number of carbonyl (C=O) groups is 1. The van der Waals surface area contributed by atoms with Gasteiger partial charge in [-0.2, -0.15) is 0 Å². The van der Waals surface area contributed by atoms with Crippen LogP contribution < -0.4 is 10.2 Å². The van der Waals surface area contributed by atoms with E-state index in [2.05, 4.69) is 28.4 Å². The first-order valence-electron chi connectivity index (χ1n) is 8.52. The van der Waals surface area contributed by atoms with Gasteiger partial charge in [-0.05, 0) is 61.9 Å². The highest BCUT2D eigenvalue weighted by Crippen LogP contribution is 2.30. The Kier molecular flexibility index (Phi) is 4.67. The molecule has 1 aliphatic heterocycles. The quantitative estimate of drug-likeness (QED) is 0.877. The summed E-state index contributed by atoms with van der Waals surface area (Å²) in [4.78, 5) is 13.8. The van der Waals surface area contributed by atoms with Gasteiger partial charge in [0.2, 0.25) is 0 Å². The maximum absolute atomic E-state index is 11.4. The summed E-state index contributed by atoms with van der Waals surface area (Å²) in [6.07, 6.45) is 5.94. The first-order chi connectivity index (χ1) is 10.7. The lowest BCUT2D eigenvalue weighted by atomic mass is 9.91. The molecule has 120 valence electrons. The second kappa shape index (κ2) is 6.69. The lowest BCUT2D eigenvalue weighted by Crippen LogP contribution is -2.43. The van der Waals surface area contributed by atoms with Crippen molar-refractivity contribution >= 4 is 11.7 Å². The molecule has 1 heterocycles. The average Bonchev–Trinajstić information content (AvgIpc) is 3.01. The van der Waals surface area contributed by atoms with Gasteiger partial charge in [0.05, 0.1) is 0 Å². The highest BCUT2D eigenvalue weighted by atomic mass is 16.4. The van der Waals surface area contributed by atoms with E-state index in [4.69, 9.17) is 0 Å². The van der Waals surface area contributed by atoms with Gasteiger partial charge in [0.1, 0.15) is 6.04 Å². The van der Waals surface area contributed by atoms with Gasteiger partial charge < -0.3 is 15.3 Å². The smallest absolute Gasteiger partial charge is 0.321 e. The molecule has 2 N–H and O–H groups in total. The molecule has 4 nitrogen and oxygen atoms in total. The minimum Gasteiger partial charge on any atom is -0.480 e. The highest BCUT2D eigenvalue weighted by molar-refractivity contribution is 5.74. The van der Waals surface area contributed by atoms with Crippen LogP contribution in [0.5, 0.6) is 0 Å². The number of carboxylic acid groups (broad SMARTS) is 1. The minimum absolute atomic E-state index is 0.188. The van der Waals surface area contributed by atoms with Gasteiger partial charge in [-0.25, -0.2) is 0 Å². The molecule has 2 atom stereocenters. The number of anilines is 1. The number of aryl methyl sites for hydroxylation is 2. The maximum Gasteiger partial charge on any atom is 0.321 e. The number of carboxylic acids is 1. The fourth-order valence-electron chi connectivity index (χ4n) is 3.89. The molecule has 4 heteroatoms. The summed E-state index contributed by atoms with van der Waals surface area (Å²) in [6, 6.07) is 6.40. The van der Waals surface area contributed by atoms with E-state index in [1.54, 1.807) is 0 Å². The van der Waals surface area contributed by atoms with E-state index < -0.39 is 12.0 Å². The summed E-state index contributed by atoms with van der Waals surface area (Å²) in [6.45, 7) is 4.46. The van der Waals surface area contributed by atoms with Crippen molar-refractivity contribution in [2.24, 2.45) is 5.92 Å². The first-order valence-corrected chi connectivity index (χ1v) is 8.52. The van der Waals surface area contributed by atoms with Crippen LogP contribution in [0.3, 0.4) is 0 Å². The SMILES string of the molecule is CCNC(C(=O)O)C1CCN(c2ccc3c(c2)CCCC3)C1. The topological polar surface area (TPSA) is 52.6 Å². The zero-order chi connectivity index (χ0) is 15.5. The van der Waals surface area contributed by atoms with E-state index in [0.29, 0.717) is 6.54 Å². The molecular weight excluding hydrogens is 276 g/mol.